The van der Waals surface area contributed by atoms with Gasteiger partial charge in [-0.1, -0.05) is 42.5 Å². The highest BCUT2D eigenvalue weighted by Gasteiger charge is 2.21. The van der Waals surface area contributed by atoms with E-state index < -0.39 is 0 Å². The molecule has 0 bridgehead atoms. The van der Waals surface area contributed by atoms with Gasteiger partial charge in [0.15, 0.2) is 0 Å². The third kappa shape index (κ3) is 2.31. The number of nitrogens with one attached hydrogen (secondary N) is 1. The molecule has 0 saturated carbocycles. The highest BCUT2D eigenvalue weighted by Crippen LogP contribution is 2.24. The van der Waals surface area contributed by atoms with Crippen molar-refractivity contribution >= 4 is 16.8 Å². The SMILES string of the molecule is C[C@H](NC(=O)c1cn2c3c(cccc3c1=O)CC2)c1ccccc1. The van der Waals surface area contributed by atoms with Crippen LogP contribution in [0.1, 0.15) is 34.5 Å². The van der Waals surface area contributed by atoms with E-state index in [2.05, 4.69) is 5.32 Å². The Labute approximate surface area is 139 Å². The van der Waals surface area contributed by atoms with Crippen molar-refractivity contribution in [1.29, 1.82) is 0 Å². The van der Waals surface area contributed by atoms with Crippen LogP contribution < -0.4 is 10.7 Å². The Morgan fingerprint density at radius 3 is 2.71 bits per heavy atom. The van der Waals surface area contributed by atoms with Gasteiger partial charge in [-0.3, -0.25) is 9.59 Å². The van der Waals surface area contributed by atoms with Crippen LogP contribution in [0.4, 0.5) is 0 Å². The van der Waals surface area contributed by atoms with E-state index in [-0.39, 0.29) is 22.9 Å². The van der Waals surface area contributed by atoms with E-state index in [1.54, 1.807) is 12.3 Å². The third-order valence-electron chi connectivity index (χ3n) is 4.69. The van der Waals surface area contributed by atoms with Gasteiger partial charge < -0.3 is 9.88 Å². The number of nitrogens with zero attached hydrogens (tertiary/aromatic N) is 1. The van der Waals surface area contributed by atoms with Gasteiger partial charge in [-0.05, 0) is 30.5 Å². The molecular weight excluding hydrogens is 300 g/mol. The van der Waals surface area contributed by atoms with Crippen LogP contribution in [0, 0.1) is 0 Å². The molecule has 0 unspecified atom stereocenters. The molecule has 24 heavy (non-hydrogen) atoms. The molecule has 0 saturated heterocycles. The number of aromatic nitrogens is 1. The van der Waals surface area contributed by atoms with Crippen molar-refractivity contribution in [2.75, 3.05) is 0 Å². The van der Waals surface area contributed by atoms with E-state index >= 15 is 0 Å². The molecule has 3 aromatic rings. The van der Waals surface area contributed by atoms with E-state index in [1.807, 2.05) is 54.0 Å². The molecule has 4 heteroatoms. The lowest BCUT2D eigenvalue weighted by molar-refractivity contribution is 0.0938. The number of aryl methyl sites for hydroxylation is 2. The summed E-state index contributed by atoms with van der Waals surface area (Å²) in [5.41, 5.74) is 3.18. The first-order valence-electron chi connectivity index (χ1n) is 8.16. The fourth-order valence-electron chi connectivity index (χ4n) is 3.42. The first-order chi connectivity index (χ1) is 11.6. The number of pyridine rings is 1. The van der Waals surface area contributed by atoms with Gasteiger partial charge in [-0.25, -0.2) is 0 Å². The van der Waals surface area contributed by atoms with Crippen LogP contribution in [0.15, 0.2) is 59.5 Å². The summed E-state index contributed by atoms with van der Waals surface area (Å²) in [6.07, 6.45) is 2.61. The molecule has 0 radical (unpaired) electrons. The van der Waals surface area contributed by atoms with Crippen LogP contribution in [-0.4, -0.2) is 10.5 Å². The molecule has 1 amide bonds. The summed E-state index contributed by atoms with van der Waals surface area (Å²) in [6.45, 7) is 2.73. The van der Waals surface area contributed by atoms with Gasteiger partial charge in [0, 0.05) is 18.1 Å². The lowest BCUT2D eigenvalue weighted by Gasteiger charge is -2.15. The van der Waals surface area contributed by atoms with Crippen LogP contribution in [0.2, 0.25) is 0 Å². The van der Waals surface area contributed by atoms with E-state index in [4.69, 9.17) is 0 Å². The zero-order valence-electron chi connectivity index (χ0n) is 13.5. The summed E-state index contributed by atoms with van der Waals surface area (Å²) in [4.78, 5) is 25.4. The fraction of sp³-hybridized carbons (Fsp3) is 0.200. The molecule has 0 fully saturated rings. The van der Waals surface area contributed by atoms with Crippen LogP contribution in [0.3, 0.4) is 0 Å². The third-order valence-corrected chi connectivity index (χ3v) is 4.69. The predicted octanol–water partition coefficient (Wildman–Crippen LogP) is 3.05. The van der Waals surface area contributed by atoms with Gasteiger partial charge in [-0.2, -0.15) is 0 Å². The Balaban J connectivity index is 1.72. The van der Waals surface area contributed by atoms with Crippen molar-refractivity contribution in [3.63, 3.8) is 0 Å². The minimum absolute atomic E-state index is 0.154. The number of hydrogen-bond donors (Lipinski definition) is 1. The molecule has 4 rings (SSSR count). The number of carbonyl (C=O) groups is 1. The van der Waals surface area contributed by atoms with Crippen molar-refractivity contribution in [1.82, 2.24) is 9.88 Å². The maximum absolute atomic E-state index is 12.7. The smallest absolute Gasteiger partial charge is 0.257 e. The van der Waals surface area contributed by atoms with Gasteiger partial charge in [0.25, 0.3) is 5.91 Å². The summed E-state index contributed by atoms with van der Waals surface area (Å²) in [7, 11) is 0. The fourth-order valence-corrected chi connectivity index (χ4v) is 3.42. The number of hydrogen-bond acceptors (Lipinski definition) is 2. The van der Waals surface area contributed by atoms with Crippen molar-refractivity contribution < 1.29 is 4.79 Å². The molecule has 1 aromatic heterocycles. The normalized spacial score (nSPS) is 13.9. The van der Waals surface area contributed by atoms with E-state index in [0.29, 0.717) is 5.39 Å². The standard InChI is InChI=1S/C20H18N2O2/c1-13(14-6-3-2-4-7-14)21-20(24)17-12-22-11-10-15-8-5-9-16(18(15)22)19(17)23/h2-9,12-13H,10-11H2,1H3,(H,21,24)/t13-/m0/s1. The number of amides is 1. The van der Waals surface area contributed by atoms with Crippen LogP contribution in [0.5, 0.6) is 0 Å². The molecule has 120 valence electrons. The maximum Gasteiger partial charge on any atom is 0.257 e. The van der Waals surface area contributed by atoms with Crippen molar-refractivity contribution in [3.05, 3.63) is 81.6 Å². The average molecular weight is 318 g/mol. The molecular formula is C20H18N2O2. The van der Waals surface area contributed by atoms with Crippen LogP contribution in [0.25, 0.3) is 10.9 Å². The minimum atomic E-state index is -0.320. The van der Waals surface area contributed by atoms with Crippen molar-refractivity contribution in [2.24, 2.45) is 0 Å². The van der Waals surface area contributed by atoms with Gasteiger partial charge in [0.1, 0.15) is 5.56 Å². The van der Waals surface area contributed by atoms with E-state index in [1.165, 1.54) is 5.56 Å². The molecule has 0 aliphatic carbocycles. The molecule has 4 nitrogen and oxygen atoms in total. The Kier molecular flexibility index (Phi) is 3.45. The zero-order chi connectivity index (χ0) is 16.7. The summed E-state index contributed by atoms with van der Waals surface area (Å²) >= 11 is 0. The molecule has 2 aromatic carbocycles. The quantitative estimate of drug-likeness (QED) is 0.807. The molecule has 2 heterocycles. The number of benzene rings is 2. The summed E-state index contributed by atoms with van der Waals surface area (Å²) < 4.78 is 2.02. The maximum atomic E-state index is 12.7. The minimum Gasteiger partial charge on any atom is -0.346 e. The van der Waals surface area contributed by atoms with Crippen LogP contribution in [-0.2, 0) is 13.0 Å². The van der Waals surface area contributed by atoms with Crippen molar-refractivity contribution in [2.45, 2.75) is 25.9 Å². The highest BCUT2D eigenvalue weighted by molar-refractivity contribution is 5.98. The second-order valence-corrected chi connectivity index (χ2v) is 6.23. The Hall–Kier alpha value is -2.88. The molecule has 0 spiro atoms. The average Bonchev–Trinajstić information content (AvgIpc) is 3.03. The highest BCUT2D eigenvalue weighted by atomic mass is 16.2. The molecule has 1 aliphatic rings. The number of carbonyl (C=O) groups excluding carboxylic acids is 1. The second-order valence-electron chi connectivity index (χ2n) is 6.23. The molecule has 1 aliphatic heterocycles. The first kappa shape index (κ1) is 14.7. The lowest BCUT2D eigenvalue weighted by atomic mass is 10.1. The lowest BCUT2D eigenvalue weighted by Crippen LogP contribution is -2.31. The van der Waals surface area contributed by atoms with E-state index in [0.717, 1.165) is 24.0 Å². The van der Waals surface area contributed by atoms with Crippen LogP contribution >= 0.6 is 0 Å². The summed E-state index contributed by atoms with van der Waals surface area (Å²) in [6, 6.07) is 15.3. The number of rotatable bonds is 3. The Morgan fingerprint density at radius 1 is 1.12 bits per heavy atom. The molecule has 1 atom stereocenters. The van der Waals surface area contributed by atoms with Crippen molar-refractivity contribution in [3.8, 4) is 0 Å². The topological polar surface area (TPSA) is 51.1 Å². The second kappa shape index (κ2) is 5.64. The predicted molar refractivity (Wildman–Crippen MR) is 94.2 cm³/mol. The molecule has 1 N–H and O–H groups in total. The van der Waals surface area contributed by atoms with Gasteiger partial charge in [0.2, 0.25) is 5.43 Å². The van der Waals surface area contributed by atoms with Gasteiger partial charge >= 0.3 is 0 Å². The monoisotopic (exact) mass is 318 g/mol. The van der Waals surface area contributed by atoms with Gasteiger partial charge in [0.05, 0.1) is 11.6 Å². The largest absolute Gasteiger partial charge is 0.346 e. The first-order valence-corrected chi connectivity index (χ1v) is 8.16. The number of para-hydroxylation sites is 1. The van der Waals surface area contributed by atoms with E-state index in [9.17, 15) is 9.59 Å². The summed E-state index contributed by atoms with van der Waals surface area (Å²) in [5, 5.41) is 3.56. The summed E-state index contributed by atoms with van der Waals surface area (Å²) in [5.74, 6) is -0.320. The zero-order valence-corrected chi connectivity index (χ0v) is 13.5. The van der Waals surface area contributed by atoms with Gasteiger partial charge in [-0.15, -0.1) is 0 Å². The Morgan fingerprint density at radius 2 is 1.92 bits per heavy atom. The Bertz CT molecular complexity index is 990.